The van der Waals surface area contributed by atoms with Gasteiger partial charge in [-0.2, -0.15) is 0 Å². The minimum Gasteiger partial charge on any atom is -0.382 e. The molecular formula is C19H28N2O4. The van der Waals surface area contributed by atoms with E-state index in [0.29, 0.717) is 31.9 Å². The Morgan fingerprint density at radius 2 is 1.88 bits per heavy atom. The molecule has 1 fully saturated rings. The molecule has 1 aromatic rings. The first-order valence-electron chi connectivity index (χ1n) is 8.74. The maximum atomic E-state index is 12.4. The molecular weight excluding hydrogens is 320 g/mol. The Morgan fingerprint density at radius 3 is 2.52 bits per heavy atom. The minimum absolute atomic E-state index is 0.00459. The zero-order valence-electron chi connectivity index (χ0n) is 15.3. The quantitative estimate of drug-likeness (QED) is 0.762. The molecule has 0 saturated carbocycles. The number of methoxy groups -OCH3 is 1. The number of carbonyl (C=O) groups excluding carboxylic acids is 2. The molecule has 6 nitrogen and oxygen atoms in total. The van der Waals surface area contributed by atoms with Gasteiger partial charge in [0.1, 0.15) is 6.61 Å². The number of nitrogens with zero attached hydrogens (tertiary/aromatic N) is 1. The maximum absolute atomic E-state index is 12.4. The van der Waals surface area contributed by atoms with Crippen molar-refractivity contribution in [1.29, 1.82) is 0 Å². The average Bonchev–Trinajstić information content (AvgIpc) is 2.61. The van der Waals surface area contributed by atoms with Gasteiger partial charge in [-0.1, -0.05) is 6.07 Å². The Kier molecular flexibility index (Phi) is 7.40. The van der Waals surface area contributed by atoms with E-state index < -0.39 is 0 Å². The molecule has 1 heterocycles. The highest BCUT2D eigenvalue weighted by molar-refractivity contribution is 5.94. The summed E-state index contributed by atoms with van der Waals surface area (Å²) in [5.74, 6) is -0.0502. The van der Waals surface area contributed by atoms with Crippen molar-refractivity contribution in [1.82, 2.24) is 10.2 Å². The van der Waals surface area contributed by atoms with E-state index in [0.717, 1.165) is 18.4 Å². The number of hydrogen-bond acceptors (Lipinski definition) is 4. The van der Waals surface area contributed by atoms with E-state index in [2.05, 4.69) is 5.32 Å². The predicted octanol–water partition coefficient (Wildman–Crippen LogP) is 1.69. The number of likely N-dealkylation sites (tertiary alicyclic amines) is 1. The molecule has 1 aliphatic heterocycles. The van der Waals surface area contributed by atoms with Crippen LogP contribution in [0.1, 0.15) is 34.3 Å². The average molecular weight is 348 g/mol. The summed E-state index contributed by atoms with van der Waals surface area (Å²) < 4.78 is 10.2. The molecule has 2 rings (SSSR count). The normalized spacial score (nSPS) is 15.2. The molecule has 1 aliphatic rings. The Hall–Kier alpha value is -1.92. The van der Waals surface area contributed by atoms with Gasteiger partial charge in [0.15, 0.2) is 0 Å². The summed E-state index contributed by atoms with van der Waals surface area (Å²) in [7, 11) is 1.60. The third kappa shape index (κ3) is 5.83. The van der Waals surface area contributed by atoms with Crippen LogP contribution in [0.5, 0.6) is 0 Å². The summed E-state index contributed by atoms with van der Waals surface area (Å²) >= 11 is 0. The second-order valence-corrected chi connectivity index (χ2v) is 6.47. The molecule has 6 heteroatoms. The molecule has 0 spiro atoms. The van der Waals surface area contributed by atoms with E-state index in [1.54, 1.807) is 12.0 Å². The van der Waals surface area contributed by atoms with Crippen LogP contribution in [0.2, 0.25) is 0 Å². The molecule has 0 bridgehead atoms. The van der Waals surface area contributed by atoms with Gasteiger partial charge in [0.25, 0.3) is 5.91 Å². The van der Waals surface area contributed by atoms with Crippen molar-refractivity contribution in [3.63, 3.8) is 0 Å². The Bertz CT molecular complexity index is 595. The number of nitrogens with one attached hydrogen (secondary N) is 1. The third-order valence-corrected chi connectivity index (χ3v) is 4.61. The largest absolute Gasteiger partial charge is 0.382 e. The summed E-state index contributed by atoms with van der Waals surface area (Å²) in [5, 5.41) is 3.08. The van der Waals surface area contributed by atoms with E-state index in [9.17, 15) is 9.59 Å². The van der Waals surface area contributed by atoms with Gasteiger partial charge in [-0.3, -0.25) is 9.59 Å². The Morgan fingerprint density at radius 1 is 1.16 bits per heavy atom. The monoisotopic (exact) mass is 348 g/mol. The number of ether oxygens (including phenoxy) is 2. The van der Waals surface area contributed by atoms with Crippen LogP contribution in [-0.2, 0) is 14.3 Å². The molecule has 1 N–H and O–H groups in total. The van der Waals surface area contributed by atoms with Gasteiger partial charge in [-0.15, -0.1) is 0 Å². The lowest BCUT2D eigenvalue weighted by Gasteiger charge is -2.32. The van der Waals surface area contributed by atoms with Gasteiger partial charge in [-0.25, -0.2) is 0 Å². The number of hydrogen-bond donors (Lipinski definition) is 1. The zero-order chi connectivity index (χ0) is 18.2. The number of carbonyl (C=O) groups is 2. The number of piperidine rings is 1. The minimum atomic E-state index is -0.0456. The number of benzene rings is 1. The summed E-state index contributed by atoms with van der Waals surface area (Å²) in [4.78, 5) is 26.2. The van der Waals surface area contributed by atoms with Crippen molar-refractivity contribution in [2.45, 2.75) is 32.7 Å². The van der Waals surface area contributed by atoms with Gasteiger partial charge in [-0.05, 0) is 49.9 Å². The Labute approximate surface area is 149 Å². The van der Waals surface area contributed by atoms with E-state index >= 15 is 0 Å². The molecule has 2 amide bonds. The van der Waals surface area contributed by atoms with Crippen molar-refractivity contribution in [3.8, 4) is 0 Å². The molecule has 0 aromatic heterocycles. The number of aryl methyl sites for hydroxylation is 2. The van der Waals surface area contributed by atoms with E-state index in [1.807, 2.05) is 32.0 Å². The van der Waals surface area contributed by atoms with E-state index in [1.165, 1.54) is 5.56 Å². The molecule has 138 valence electrons. The second kappa shape index (κ2) is 9.53. The Balaban J connectivity index is 1.75. The zero-order valence-corrected chi connectivity index (χ0v) is 15.3. The molecule has 25 heavy (non-hydrogen) atoms. The molecule has 1 saturated heterocycles. The second-order valence-electron chi connectivity index (χ2n) is 6.47. The van der Waals surface area contributed by atoms with Crippen LogP contribution in [0.25, 0.3) is 0 Å². The van der Waals surface area contributed by atoms with Crippen molar-refractivity contribution < 1.29 is 19.1 Å². The highest BCUT2D eigenvalue weighted by atomic mass is 16.5. The van der Waals surface area contributed by atoms with Crippen LogP contribution in [0.4, 0.5) is 0 Å². The summed E-state index contributed by atoms with van der Waals surface area (Å²) in [6.45, 7) is 6.32. The number of rotatable bonds is 7. The first-order chi connectivity index (χ1) is 12.0. The van der Waals surface area contributed by atoms with Crippen LogP contribution < -0.4 is 5.32 Å². The summed E-state index contributed by atoms with van der Waals surface area (Å²) in [5.41, 5.74) is 2.98. The smallest absolute Gasteiger partial charge is 0.251 e. The lowest BCUT2D eigenvalue weighted by molar-refractivity contribution is -0.137. The molecule has 1 aromatic carbocycles. The van der Waals surface area contributed by atoms with Crippen molar-refractivity contribution in [2.75, 3.05) is 40.0 Å². The molecule has 0 radical (unpaired) electrons. The van der Waals surface area contributed by atoms with Gasteiger partial charge in [0, 0.05) is 31.8 Å². The topological polar surface area (TPSA) is 67.9 Å². The van der Waals surface area contributed by atoms with E-state index in [-0.39, 0.29) is 24.5 Å². The molecule has 0 aliphatic carbocycles. The van der Waals surface area contributed by atoms with Gasteiger partial charge < -0.3 is 19.7 Å². The fraction of sp³-hybridized carbons (Fsp3) is 0.579. The van der Waals surface area contributed by atoms with Crippen LogP contribution in [0.15, 0.2) is 18.2 Å². The van der Waals surface area contributed by atoms with Crippen LogP contribution in [0.3, 0.4) is 0 Å². The predicted molar refractivity (Wildman–Crippen MR) is 95.7 cm³/mol. The SMILES string of the molecule is COCCOCC(=O)N1CCC(NC(=O)c2ccc(C)c(C)c2)CC1. The first kappa shape index (κ1) is 19.4. The standard InChI is InChI=1S/C19H28N2O4/c1-14-4-5-16(12-15(14)2)19(23)20-17-6-8-21(9-7-17)18(22)13-25-11-10-24-3/h4-5,12,17H,6-11,13H2,1-3H3,(H,20,23). The van der Waals surface area contributed by atoms with Crippen LogP contribution in [0, 0.1) is 13.8 Å². The third-order valence-electron chi connectivity index (χ3n) is 4.61. The maximum Gasteiger partial charge on any atom is 0.251 e. The molecule has 0 atom stereocenters. The lowest BCUT2D eigenvalue weighted by atomic mass is 10.0. The van der Waals surface area contributed by atoms with Gasteiger partial charge in [0.2, 0.25) is 5.91 Å². The lowest BCUT2D eigenvalue weighted by Crippen LogP contribution is -2.47. The highest BCUT2D eigenvalue weighted by Crippen LogP contribution is 2.13. The van der Waals surface area contributed by atoms with Crippen molar-refractivity contribution in [2.24, 2.45) is 0 Å². The van der Waals surface area contributed by atoms with Crippen molar-refractivity contribution >= 4 is 11.8 Å². The summed E-state index contributed by atoms with van der Waals surface area (Å²) in [6.07, 6.45) is 1.53. The fourth-order valence-electron chi connectivity index (χ4n) is 2.82. The highest BCUT2D eigenvalue weighted by Gasteiger charge is 2.24. The van der Waals surface area contributed by atoms with Gasteiger partial charge in [0.05, 0.1) is 13.2 Å². The molecule has 0 unspecified atom stereocenters. The number of amides is 2. The summed E-state index contributed by atoms with van der Waals surface area (Å²) in [6, 6.07) is 5.84. The van der Waals surface area contributed by atoms with Crippen molar-refractivity contribution in [3.05, 3.63) is 34.9 Å². The van der Waals surface area contributed by atoms with Crippen LogP contribution >= 0.6 is 0 Å². The van der Waals surface area contributed by atoms with Crippen LogP contribution in [-0.4, -0.2) is 62.8 Å². The first-order valence-corrected chi connectivity index (χ1v) is 8.74. The fourth-order valence-corrected chi connectivity index (χ4v) is 2.82. The van der Waals surface area contributed by atoms with Gasteiger partial charge >= 0.3 is 0 Å². The van der Waals surface area contributed by atoms with E-state index in [4.69, 9.17) is 9.47 Å².